The van der Waals surface area contributed by atoms with Crippen LogP contribution < -0.4 is 5.32 Å². The highest BCUT2D eigenvalue weighted by Crippen LogP contribution is 2.35. The molecule has 2 aromatic rings. The van der Waals surface area contributed by atoms with Crippen LogP contribution in [0, 0.1) is 24.0 Å². The van der Waals surface area contributed by atoms with Gasteiger partial charge in [-0.3, -0.25) is 14.9 Å². The highest BCUT2D eigenvalue weighted by atomic mass is 79.9. The van der Waals surface area contributed by atoms with Gasteiger partial charge < -0.3 is 5.32 Å². The van der Waals surface area contributed by atoms with Crippen LogP contribution in [0.2, 0.25) is 0 Å². The third-order valence-electron chi connectivity index (χ3n) is 3.19. The first-order valence-electron chi connectivity index (χ1n) is 6.91. The van der Waals surface area contributed by atoms with Crippen LogP contribution in [0.4, 0.5) is 11.4 Å². The number of nitro groups is 1. The van der Waals surface area contributed by atoms with Gasteiger partial charge in [0.1, 0.15) is 0 Å². The number of hydrogen-bond acceptors (Lipinski definition) is 4. The number of nitrogens with one attached hydrogen (secondary N) is 1. The van der Waals surface area contributed by atoms with Gasteiger partial charge in [-0.05, 0) is 57.3 Å². The number of nitro benzene ring substituents is 1. The number of rotatable bonds is 5. The molecule has 0 fully saturated rings. The van der Waals surface area contributed by atoms with Gasteiger partial charge in [0, 0.05) is 26.0 Å². The molecule has 0 aliphatic heterocycles. The van der Waals surface area contributed by atoms with E-state index in [1.807, 2.05) is 26.0 Å². The van der Waals surface area contributed by atoms with Crippen LogP contribution in [0.15, 0.2) is 44.2 Å². The number of halogens is 2. The van der Waals surface area contributed by atoms with Crippen molar-refractivity contribution in [3.05, 3.63) is 60.5 Å². The van der Waals surface area contributed by atoms with Crippen molar-refractivity contribution in [1.82, 2.24) is 0 Å². The Morgan fingerprint density at radius 2 is 1.83 bits per heavy atom. The van der Waals surface area contributed by atoms with Crippen molar-refractivity contribution in [2.45, 2.75) is 18.7 Å². The zero-order valence-electron chi connectivity index (χ0n) is 12.9. The highest BCUT2D eigenvalue weighted by Gasteiger charge is 2.16. The Labute approximate surface area is 160 Å². The van der Waals surface area contributed by atoms with Crippen molar-refractivity contribution < 1.29 is 9.72 Å². The summed E-state index contributed by atoms with van der Waals surface area (Å²) in [6.45, 7) is 4.04. The maximum Gasteiger partial charge on any atom is 0.271 e. The largest absolute Gasteiger partial charge is 0.323 e. The van der Waals surface area contributed by atoms with Gasteiger partial charge in [-0.15, -0.1) is 11.8 Å². The zero-order chi connectivity index (χ0) is 17.9. The fraction of sp³-hybridized carbons (Fsp3) is 0.188. The first-order valence-corrected chi connectivity index (χ1v) is 9.48. The second-order valence-electron chi connectivity index (χ2n) is 5.15. The molecule has 0 saturated heterocycles. The third kappa shape index (κ3) is 4.81. The number of hydrogen-bond donors (Lipinski definition) is 1. The second kappa shape index (κ2) is 8.13. The summed E-state index contributed by atoms with van der Waals surface area (Å²) in [7, 11) is 0. The molecular formula is C16H14Br2N2O3S. The van der Waals surface area contributed by atoms with Gasteiger partial charge in [-0.1, -0.05) is 17.7 Å². The number of aryl methyl sites for hydroxylation is 2. The molecule has 2 rings (SSSR count). The maximum absolute atomic E-state index is 12.2. The fourth-order valence-corrected chi connectivity index (χ4v) is 4.23. The lowest BCUT2D eigenvalue weighted by molar-refractivity contribution is -0.385. The normalized spacial score (nSPS) is 10.5. The van der Waals surface area contributed by atoms with E-state index in [0.29, 0.717) is 14.6 Å². The number of carbonyl (C=O) groups is 1. The molecule has 1 amide bonds. The monoisotopic (exact) mass is 472 g/mol. The summed E-state index contributed by atoms with van der Waals surface area (Å²) in [5, 5.41) is 13.6. The number of anilines is 1. The molecule has 126 valence electrons. The van der Waals surface area contributed by atoms with E-state index in [1.54, 1.807) is 0 Å². The standard InChI is InChI=1S/C16H14Br2N2O3S/c1-9-3-4-14(10(2)5-9)24-8-15(21)19-16-12(17)6-11(20(22)23)7-13(16)18/h3-7H,8H2,1-2H3,(H,19,21). The number of thioether (sulfide) groups is 1. The number of carbonyl (C=O) groups excluding carboxylic acids is 1. The molecular weight excluding hydrogens is 460 g/mol. The third-order valence-corrected chi connectivity index (χ3v) is 5.62. The van der Waals surface area contributed by atoms with Gasteiger partial charge >= 0.3 is 0 Å². The van der Waals surface area contributed by atoms with Gasteiger partial charge in [0.05, 0.1) is 16.4 Å². The summed E-state index contributed by atoms with van der Waals surface area (Å²) < 4.78 is 0.905. The molecule has 0 heterocycles. The lowest BCUT2D eigenvalue weighted by Crippen LogP contribution is -2.15. The summed E-state index contributed by atoms with van der Waals surface area (Å²) in [4.78, 5) is 23.6. The maximum atomic E-state index is 12.2. The average molecular weight is 474 g/mol. The van der Waals surface area contributed by atoms with E-state index in [0.717, 1.165) is 10.5 Å². The van der Waals surface area contributed by atoms with Crippen LogP contribution in [-0.2, 0) is 4.79 Å². The van der Waals surface area contributed by atoms with E-state index < -0.39 is 4.92 Å². The van der Waals surface area contributed by atoms with Crippen molar-refractivity contribution in [1.29, 1.82) is 0 Å². The molecule has 5 nitrogen and oxygen atoms in total. The summed E-state index contributed by atoms with van der Waals surface area (Å²) in [6.07, 6.45) is 0. The predicted octanol–water partition coefficient (Wildman–Crippen LogP) is 5.47. The van der Waals surface area contributed by atoms with E-state index in [9.17, 15) is 14.9 Å². The van der Waals surface area contributed by atoms with Crippen molar-refractivity contribution in [2.24, 2.45) is 0 Å². The van der Waals surface area contributed by atoms with Crippen molar-refractivity contribution in [3.8, 4) is 0 Å². The van der Waals surface area contributed by atoms with E-state index in [-0.39, 0.29) is 17.3 Å². The quantitative estimate of drug-likeness (QED) is 0.355. The van der Waals surface area contributed by atoms with Crippen molar-refractivity contribution in [2.75, 3.05) is 11.1 Å². The molecule has 1 N–H and O–H groups in total. The van der Waals surface area contributed by atoms with E-state index >= 15 is 0 Å². The summed E-state index contributed by atoms with van der Waals surface area (Å²) in [5.41, 5.74) is 2.73. The molecule has 0 saturated carbocycles. The molecule has 0 atom stereocenters. The Morgan fingerprint density at radius 3 is 2.38 bits per heavy atom. The molecule has 0 unspecified atom stereocenters. The topological polar surface area (TPSA) is 72.2 Å². The van der Waals surface area contributed by atoms with E-state index in [4.69, 9.17) is 0 Å². The van der Waals surface area contributed by atoms with Crippen LogP contribution in [-0.4, -0.2) is 16.6 Å². The first-order chi connectivity index (χ1) is 11.3. The second-order valence-corrected chi connectivity index (χ2v) is 7.87. The molecule has 0 aliphatic rings. The van der Waals surface area contributed by atoms with Gasteiger partial charge in [-0.25, -0.2) is 0 Å². The number of benzene rings is 2. The Balaban J connectivity index is 2.06. The van der Waals surface area contributed by atoms with Crippen LogP contribution in [0.3, 0.4) is 0 Å². The zero-order valence-corrected chi connectivity index (χ0v) is 16.9. The SMILES string of the molecule is Cc1ccc(SCC(=O)Nc2c(Br)cc([N+](=O)[O-])cc2Br)c(C)c1. The van der Waals surface area contributed by atoms with Gasteiger partial charge in [0.15, 0.2) is 0 Å². The van der Waals surface area contributed by atoms with Crippen molar-refractivity contribution in [3.63, 3.8) is 0 Å². The van der Waals surface area contributed by atoms with E-state index in [1.165, 1.54) is 29.5 Å². The van der Waals surface area contributed by atoms with Gasteiger partial charge in [-0.2, -0.15) is 0 Å². The Bertz CT molecular complexity index is 789. The Kier molecular flexibility index (Phi) is 6.42. The minimum Gasteiger partial charge on any atom is -0.323 e. The Hall–Kier alpha value is -1.38. The molecule has 24 heavy (non-hydrogen) atoms. The smallest absolute Gasteiger partial charge is 0.271 e. The minimum atomic E-state index is -0.489. The first kappa shape index (κ1) is 19.0. The molecule has 2 aromatic carbocycles. The number of amides is 1. The molecule has 0 radical (unpaired) electrons. The van der Waals surface area contributed by atoms with Crippen LogP contribution in [0.5, 0.6) is 0 Å². The molecule has 0 aliphatic carbocycles. The van der Waals surface area contributed by atoms with Crippen LogP contribution in [0.25, 0.3) is 0 Å². The lowest BCUT2D eigenvalue weighted by Gasteiger charge is -2.10. The summed E-state index contributed by atoms with van der Waals surface area (Å²) in [5.74, 6) is 0.0648. The van der Waals surface area contributed by atoms with E-state index in [2.05, 4.69) is 43.2 Å². The molecule has 0 aromatic heterocycles. The molecule has 0 spiro atoms. The van der Waals surface area contributed by atoms with Crippen LogP contribution >= 0.6 is 43.6 Å². The van der Waals surface area contributed by atoms with Crippen LogP contribution in [0.1, 0.15) is 11.1 Å². The summed E-state index contributed by atoms with van der Waals surface area (Å²) >= 11 is 7.96. The lowest BCUT2D eigenvalue weighted by atomic mass is 10.2. The van der Waals surface area contributed by atoms with Gasteiger partial charge in [0.25, 0.3) is 5.69 Å². The fourth-order valence-electron chi connectivity index (χ4n) is 2.06. The molecule has 8 heteroatoms. The number of non-ortho nitro benzene ring substituents is 1. The Morgan fingerprint density at radius 1 is 1.21 bits per heavy atom. The number of nitrogens with zero attached hydrogens (tertiary/aromatic N) is 1. The molecule has 0 bridgehead atoms. The highest BCUT2D eigenvalue weighted by molar-refractivity contribution is 9.11. The average Bonchev–Trinajstić information content (AvgIpc) is 2.49. The predicted molar refractivity (Wildman–Crippen MR) is 104 cm³/mol. The van der Waals surface area contributed by atoms with Gasteiger partial charge in [0.2, 0.25) is 5.91 Å². The summed E-state index contributed by atoms with van der Waals surface area (Å²) in [6, 6.07) is 8.80. The van der Waals surface area contributed by atoms with Crippen molar-refractivity contribution >= 4 is 60.9 Å². The minimum absolute atomic E-state index is 0.0589.